The highest BCUT2D eigenvalue weighted by Crippen LogP contribution is 2.16. The molecular formula is C14H19BrN2. The molecule has 0 saturated carbocycles. The average Bonchev–Trinajstić information content (AvgIpc) is 2.31. The van der Waals surface area contributed by atoms with E-state index < -0.39 is 0 Å². The lowest BCUT2D eigenvalue weighted by atomic mass is 10.1. The third kappa shape index (κ3) is 5.34. The van der Waals surface area contributed by atoms with E-state index in [0.29, 0.717) is 6.42 Å². The highest BCUT2D eigenvalue weighted by atomic mass is 79.9. The zero-order valence-electron chi connectivity index (χ0n) is 10.5. The van der Waals surface area contributed by atoms with Crippen molar-refractivity contribution in [1.29, 1.82) is 5.26 Å². The lowest BCUT2D eigenvalue weighted by molar-refractivity contribution is 0.335. The number of nitriles is 1. The maximum absolute atomic E-state index is 8.48. The molecule has 0 unspecified atom stereocenters. The first-order chi connectivity index (χ1) is 8.13. The molecule has 0 spiro atoms. The molecule has 0 atom stereocenters. The van der Waals surface area contributed by atoms with Gasteiger partial charge in [-0.3, -0.25) is 0 Å². The predicted octanol–water partition coefficient (Wildman–Crippen LogP) is 3.54. The number of hydrogen-bond donors (Lipinski definition) is 0. The Balaban J connectivity index is 2.39. The maximum atomic E-state index is 8.48. The topological polar surface area (TPSA) is 27.0 Å². The number of halogens is 1. The molecule has 1 aromatic carbocycles. The van der Waals surface area contributed by atoms with E-state index in [1.54, 1.807) is 0 Å². The molecule has 0 aliphatic carbocycles. The molecule has 92 valence electrons. The third-order valence-electron chi connectivity index (χ3n) is 2.90. The van der Waals surface area contributed by atoms with Crippen molar-refractivity contribution in [2.75, 3.05) is 20.1 Å². The summed E-state index contributed by atoms with van der Waals surface area (Å²) in [5.74, 6) is 0. The van der Waals surface area contributed by atoms with Gasteiger partial charge in [0.2, 0.25) is 0 Å². The fourth-order valence-corrected chi connectivity index (χ4v) is 2.17. The van der Waals surface area contributed by atoms with E-state index in [0.717, 1.165) is 30.4 Å². The standard InChI is InChI=1S/C14H19BrN2/c1-12-5-6-14(15)11-13(12)7-10-17(2)9-4-3-8-16/h5-6,11H,3-4,7,9-10H2,1-2H3. The Bertz CT molecular complexity index is 396. The first-order valence-electron chi connectivity index (χ1n) is 5.94. The number of rotatable bonds is 6. The molecule has 0 bridgehead atoms. The Morgan fingerprint density at radius 1 is 1.35 bits per heavy atom. The second-order valence-electron chi connectivity index (χ2n) is 4.39. The zero-order chi connectivity index (χ0) is 12.7. The van der Waals surface area contributed by atoms with Crippen LogP contribution in [0.3, 0.4) is 0 Å². The predicted molar refractivity (Wildman–Crippen MR) is 74.9 cm³/mol. The van der Waals surface area contributed by atoms with Crippen LogP contribution in [0.1, 0.15) is 24.0 Å². The van der Waals surface area contributed by atoms with E-state index in [1.165, 1.54) is 11.1 Å². The molecular weight excluding hydrogens is 276 g/mol. The molecule has 1 rings (SSSR count). The average molecular weight is 295 g/mol. The smallest absolute Gasteiger partial charge is 0.0622 e. The van der Waals surface area contributed by atoms with Crippen molar-refractivity contribution in [2.24, 2.45) is 0 Å². The number of aryl methyl sites for hydroxylation is 1. The van der Waals surface area contributed by atoms with Crippen LogP contribution in [0.5, 0.6) is 0 Å². The van der Waals surface area contributed by atoms with Gasteiger partial charge in [0.05, 0.1) is 6.07 Å². The van der Waals surface area contributed by atoms with Crippen LogP contribution in [0, 0.1) is 18.3 Å². The summed E-state index contributed by atoms with van der Waals surface area (Å²) in [6.45, 7) is 4.20. The van der Waals surface area contributed by atoms with Gasteiger partial charge in [0.25, 0.3) is 0 Å². The lowest BCUT2D eigenvalue weighted by Crippen LogP contribution is -2.22. The van der Waals surface area contributed by atoms with Gasteiger partial charge >= 0.3 is 0 Å². The highest BCUT2D eigenvalue weighted by molar-refractivity contribution is 9.10. The van der Waals surface area contributed by atoms with Gasteiger partial charge in [-0.25, -0.2) is 0 Å². The molecule has 0 saturated heterocycles. The number of benzene rings is 1. The molecule has 1 aromatic rings. The summed E-state index contributed by atoms with van der Waals surface area (Å²) in [6, 6.07) is 8.60. The summed E-state index contributed by atoms with van der Waals surface area (Å²) in [7, 11) is 2.12. The monoisotopic (exact) mass is 294 g/mol. The summed E-state index contributed by atoms with van der Waals surface area (Å²) >= 11 is 3.50. The Morgan fingerprint density at radius 2 is 2.12 bits per heavy atom. The molecule has 17 heavy (non-hydrogen) atoms. The zero-order valence-corrected chi connectivity index (χ0v) is 12.1. The molecule has 0 N–H and O–H groups in total. The van der Waals surface area contributed by atoms with Crippen molar-refractivity contribution >= 4 is 15.9 Å². The van der Waals surface area contributed by atoms with Crippen LogP contribution in [0.2, 0.25) is 0 Å². The fraction of sp³-hybridized carbons (Fsp3) is 0.500. The van der Waals surface area contributed by atoms with Crippen LogP contribution >= 0.6 is 15.9 Å². The van der Waals surface area contributed by atoms with Crippen LogP contribution < -0.4 is 0 Å². The first-order valence-corrected chi connectivity index (χ1v) is 6.73. The van der Waals surface area contributed by atoms with E-state index in [9.17, 15) is 0 Å². The number of hydrogen-bond acceptors (Lipinski definition) is 2. The summed E-state index contributed by atoms with van der Waals surface area (Å²) in [5, 5.41) is 8.48. The van der Waals surface area contributed by atoms with Crippen LogP contribution in [0.25, 0.3) is 0 Å². The number of nitrogens with zero attached hydrogens (tertiary/aromatic N) is 2. The minimum atomic E-state index is 0.653. The Hall–Kier alpha value is -0.850. The van der Waals surface area contributed by atoms with E-state index in [2.05, 4.69) is 59.1 Å². The van der Waals surface area contributed by atoms with Gasteiger partial charge in [0, 0.05) is 17.4 Å². The van der Waals surface area contributed by atoms with Crippen molar-refractivity contribution in [1.82, 2.24) is 4.90 Å². The van der Waals surface area contributed by atoms with Gasteiger partial charge in [-0.1, -0.05) is 22.0 Å². The summed E-state index contributed by atoms with van der Waals surface area (Å²) in [5.41, 5.74) is 2.74. The largest absolute Gasteiger partial charge is 0.306 e. The Morgan fingerprint density at radius 3 is 2.82 bits per heavy atom. The highest BCUT2D eigenvalue weighted by Gasteiger charge is 2.02. The lowest BCUT2D eigenvalue weighted by Gasteiger charge is -2.16. The van der Waals surface area contributed by atoms with Crippen LogP contribution in [-0.4, -0.2) is 25.0 Å². The van der Waals surface area contributed by atoms with Crippen molar-refractivity contribution in [3.8, 4) is 6.07 Å². The Labute approximate surface area is 112 Å². The maximum Gasteiger partial charge on any atom is 0.0622 e. The van der Waals surface area contributed by atoms with E-state index in [1.807, 2.05) is 0 Å². The van der Waals surface area contributed by atoms with Crippen molar-refractivity contribution < 1.29 is 0 Å². The summed E-state index contributed by atoms with van der Waals surface area (Å²) in [6.07, 6.45) is 2.68. The van der Waals surface area contributed by atoms with Crippen LogP contribution in [0.4, 0.5) is 0 Å². The van der Waals surface area contributed by atoms with Crippen LogP contribution in [-0.2, 0) is 6.42 Å². The van der Waals surface area contributed by atoms with Gasteiger partial charge in [-0.15, -0.1) is 0 Å². The molecule has 0 aliphatic rings. The summed E-state index contributed by atoms with van der Waals surface area (Å²) < 4.78 is 1.14. The van der Waals surface area contributed by atoms with Gasteiger partial charge in [-0.05, 0) is 56.6 Å². The second kappa shape index (κ2) is 7.47. The fourth-order valence-electron chi connectivity index (χ4n) is 1.76. The van der Waals surface area contributed by atoms with Gasteiger partial charge in [-0.2, -0.15) is 5.26 Å². The van der Waals surface area contributed by atoms with Gasteiger partial charge < -0.3 is 4.90 Å². The molecule has 2 nitrogen and oxygen atoms in total. The van der Waals surface area contributed by atoms with Crippen molar-refractivity contribution in [3.63, 3.8) is 0 Å². The minimum Gasteiger partial charge on any atom is -0.306 e. The Kier molecular flexibility index (Phi) is 6.25. The quantitative estimate of drug-likeness (QED) is 0.751. The molecule has 0 fully saturated rings. The molecule has 0 aromatic heterocycles. The molecule has 0 aliphatic heterocycles. The SMILES string of the molecule is Cc1ccc(Br)cc1CCN(C)CCCC#N. The number of likely N-dealkylation sites (N-methyl/N-ethyl adjacent to an activating group) is 1. The van der Waals surface area contributed by atoms with E-state index in [-0.39, 0.29) is 0 Å². The van der Waals surface area contributed by atoms with E-state index in [4.69, 9.17) is 5.26 Å². The third-order valence-corrected chi connectivity index (χ3v) is 3.40. The minimum absolute atomic E-state index is 0.653. The molecule has 0 radical (unpaired) electrons. The normalized spacial score (nSPS) is 10.5. The van der Waals surface area contributed by atoms with E-state index >= 15 is 0 Å². The van der Waals surface area contributed by atoms with Gasteiger partial charge in [0.15, 0.2) is 0 Å². The first kappa shape index (κ1) is 14.2. The second-order valence-corrected chi connectivity index (χ2v) is 5.30. The molecule has 0 amide bonds. The summed E-state index contributed by atoms with van der Waals surface area (Å²) in [4.78, 5) is 2.29. The van der Waals surface area contributed by atoms with Crippen molar-refractivity contribution in [2.45, 2.75) is 26.2 Å². The number of unbranched alkanes of at least 4 members (excludes halogenated alkanes) is 1. The molecule has 0 heterocycles. The molecule has 3 heteroatoms. The van der Waals surface area contributed by atoms with Crippen molar-refractivity contribution in [3.05, 3.63) is 33.8 Å². The van der Waals surface area contributed by atoms with Crippen LogP contribution in [0.15, 0.2) is 22.7 Å². The van der Waals surface area contributed by atoms with Gasteiger partial charge in [0.1, 0.15) is 0 Å².